The van der Waals surface area contributed by atoms with Crippen LogP contribution >= 0.6 is 15.9 Å². The lowest BCUT2D eigenvalue weighted by Crippen LogP contribution is -2.35. The molecule has 0 radical (unpaired) electrons. The fourth-order valence-corrected chi connectivity index (χ4v) is 4.31. The molecule has 8 heteroatoms. The van der Waals surface area contributed by atoms with Gasteiger partial charge in [-0.15, -0.1) is 0 Å². The number of halogens is 1. The number of benzene rings is 4. The average Bonchev–Trinajstić information content (AvgIpc) is 2.93. The molecule has 0 spiro atoms. The highest BCUT2D eigenvalue weighted by Gasteiger charge is 2.20. The Hall–Kier alpha value is -4.17. The van der Waals surface area contributed by atoms with Crippen molar-refractivity contribution < 1.29 is 23.8 Å². The third-order valence-electron chi connectivity index (χ3n) is 5.83. The third-order valence-corrected chi connectivity index (χ3v) is 6.64. The number of methoxy groups -OCH3 is 1. The van der Waals surface area contributed by atoms with Gasteiger partial charge in [-0.3, -0.25) is 4.79 Å². The van der Waals surface area contributed by atoms with Gasteiger partial charge in [-0.1, -0.05) is 55.0 Å². The van der Waals surface area contributed by atoms with Gasteiger partial charge in [-0.05, 0) is 82.0 Å². The monoisotopic (exact) mass is 574 g/mol. The SMILES string of the molecule is CCC(Oc1ccc2ccccc2c1Br)C(=O)N/N=C/c1ccc(OC(=O)c2ccc(C)cc2)c(OC)c1. The largest absolute Gasteiger partial charge is 0.493 e. The lowest BCUT2D eigenvalue weighted by atomic mass is 10.1. The molecule has 194 valence electrons. The average molecular weight is 575 g/mol. The number of hydrogen-bond acceptors (Lipinski definition) is 6. The zero-order valence-electron chi connectivity index (χ0n) is 21.2. The summed E-state index contributed by atoms with van der Waals surface area (Å²) < 4.78 is 17.7. The minimum atomic E-state index is -0.734. The molecule has 0 saturated heterocycles. The molecule has 1 atom stereocenters. The van der Waals surface area contributed by atoms with E-state index in [1.54, 1.807) is 30.3 Å². The van der Waals surface area contributed by atoms with Gasteiger partial charge in [-0.2, -0.15) is 5.10 Å². The van der Waals surface area contributed by atoms with Crippen molar-refractivity contribution in [3.63, 3.8) is 0 Å². The van der Waals surface area contributed by atoms with Crippen LogP contribution in [-0.4, -0.2) is 31.3 Å². The van der Waals surface area contributed by atoms with Crippen molar-refractivity contribution in [3.05, 3.63) is 100 Å². The highest BCUT2D eigenvalue weighted by molar-refractivity contribution is 9.10. The highest BCUT2D eigenvalue weighted by Crippen LogP contribution is 2.34. The van der Waals surface area contributed by atoms with Crippen LogP contribution in [0.15, 0.2) is 88.4 Å². The Bertz CT molecular complexity index is 1480. The van der Waals surface area contributed by atoms with Gasteiger partial charge in [-0.25, -0.2) is 10.2 Å². The summed E-state index contributed by atoms with van der Waals surface area (Å²) in [6.07, 6.45) is 1.20. The quantitative estimate of drug-likeness (QED) is 0.107. The van der Waals surface area contributed by atoms with E-state index in [9.17, 15) is 9.59 Å². The molecular weight excluding hydrogens is 548 g/mol. The minimum Gasteiger partial charge on any atom is -0.493 e. The van der Waals surface area contributed by atoms with E-state index in [-0.39, 0.29) is 11.7 Å². The lowest BCUT2D eigenvalue weighted by molar-refractivity contribution is -0.128. The summed E-state index contributed by atoms with van der Waals surface area (Å²) in [5.41, 5.74) is 4.66. The number of fused-ring (bicyclic) bond motifs is 1. The second-order valence-electron chi connectivity index (χ2n) is 8.51. The minimum absolute atomic E-state index is 0.277. The molecule has 0 heterocycles. The molecule has 7 nitrogen and oxygen atoms in total. The summed E-state index contributed by atoms with van der Waals surface area (Å²) in [6.45, 7) is 3.81. The first-order chi connectivity index (χ1) is 18.4. The molecule has 0 aromatic heterocycles. The van der Waals surface area contributed by atoms with Crippen LogP contribution in [0.3, 0.4) is 0 Å². The molecular formula is C30H27BrN2O5. The van der Waals surface area contributed by atoms with E-state index in [1.807, 2.05) is 62.4 Å². The predicted octanol–water partition coefficient (Wildman–Crippen LogP) is 6.45. The van der Waals surface area contributed by atoms with Gasteiger partial charge in [0.2, 0.25) is 0 Å². The Labute approximate surface area is 229 Å². The number of esters is 1. The molecule has 38 heavy (non-hydrogen) atoms. The molecule has 1 amide bonds. The van der Waals surface area contributed by atoms with Crippen molar-refractivity contribution >= 4 is 44.8 Å². The van der Waals surface area contributed by atoms with Crippen molar-refractivity contribution in [3.8, 4) is 17.2 Å². The Morgan fingerprint density at radius 3 is 2.45 bits per heavy atom. The number of hydrogen-bond donors (Lipinski definition) is 1. The third kappa shape index (κ3) is 6.39. The van der Waals surface area contributed by atoms with E-state index in [1.165, 1.54) is 13.3 Å². The Morgan fingerprint density at radius 2 is 1.71 bits per heavy atom. The van der Waals surface area contributed by atoms with E-state index >= 15 is 0 Å². The first-order valence-corrected chi connectivity index (χ1v) is 12.8. The van der Waals surface area contributed by atoms with Gasteiger partial charge >= 0.3 is 5.97 Å². The molecule has 4 rings (SSSR count). The Morgan fingerprint density at radius 1 is 0.974 bits per heavy atom. The molecule has 0 aliphatic carbocycles. The molecule has 1 unspecified atom stereocenters. The smallest absolute Gasteiger partial charge is 0.343 e. The second kappa shape index (κ2) is 12.4. The van der Waals surface area contributed by atoms with Gasteiger partial charge in [0.05, 0.1) is 23.4 Å². The molecule has 1 N–H and O–H groups in total. The van der Waals surface area contributed by atoms with E-state index < -0.39 is 12.1 Å². The summed E-state index contributed by atoms with van der Waals surface area (Å²) >= 11 is 3.59. The van der Waals surface area contributed by atoms with E-state index in [0.717, 1.165) is 20.8 Å². The highest BCUT2D eigenvalue weighted by atomic mass is 79.9. The van der Waals surface area contributed by atoms with Gasteiger partial charge in [0, 0.05) is 0 Å². The summed E-state index contributed by atoms with van der Waals surface area (Å²) in [5.74, 6) is 0.353. The Kier molecular flexibility index (Phi) is 8.76. The maximum absolute atomic E-state index is 12.8. The molecule has 4 aromatic rings. The van der Waals surface area contributed by atoms with Crippen molar-refractivity contribution in [2.45, 2.75) is 26.4 Å². The molecule has 0 fully saturated rings. The summed E-state index contributed by atoms with van der Waals surface area (Å²) in [7, 11) is 1.48. The molecule has 0 bridgehead atoms. The second-order valence-corrected chi connectivity index (χ2v) is 9.31. The van der Waals surface area contributed by atoms with Crippen LogP contribution in [0.5, 0.6) is 17.2 Å². The number of nitrogens with one attached hydrogen (secondary N) is 1. The predicted molar refractivity (Wildman–Crippen MR) is 151 cm³/mol. The van der Waals surface area contributed by atoms with Crippen molar-refractivity contribution in [2.24, 2.45) is 5.10 Å². The van der Waals surface area contributed by atoms with Gasteiger partial charge in [0.1, 0.15) is 5.75 Å². The van der Waals surface area contributed by atoms with E-state index in [2.05, 4.69) is 26.5 Å². The van der Waals surface area contributed by atoms with E-state index in [4.69, 9.17) is 14.2 Å². The summed E-state index contributed by atoms with van der Waals surface area (Å²) in [5, 5.41) is 6.14. The van der Waals surface area contributed by atoms with Crippen LogP contribution in [0.4, 0.5) is 0 Å². The zero-order valence-corrected chi connectivity index (χ0v) is 22.8. The van der Waals surface area contributed by atoms with E-state index in [0.29, 0.717) is 29.0 Å². The van der Waals surface area contributed by atoms with Gasteiger partial charge in [0.25, 0.3) is 5.91 Å². The van der Waals surface area contributed by atoms with Crippen LogP contribution in [0, 0.1) is 6.92 Å². The van der Waals surface area contributed by atoms with Crippen LogP contribution in [0.2, 0.25) is 0 Å². The number of amides is 1. The van der Waals surface area contributed by atoms with Crippen molar-refractivity contribution in [1.29, 1.82) is 0 Å². The standard InChI is InChI=1S/C30H27BrN2O5/c1-4-24(37-26-16-14-21-7-5-6-8-23(21)28(26)31)29(34)33-32-18-20-11-15-25(27(17-20)36-3)38-30(35)22-12-9-19(2)10-13-22/h5-18,24H,4H2,1-3H3,(H,33,34)/b32-18+. The molecule has 0 aliphatic rings. The lowest BCUT2D eigenvalue weighted by Gasteiger charge is -2.17. The van der Waals surface area contributed by atoms with Crippen LogP contribution in [0.25, 0.3) is 10.8 Å². The topological polar surface area (TPSA) is 86.2 Å². The van der Waals surface area contributed by atoms with Crippen molar-refractivity contribution in [1.82, 2.24) is 5.43 Å². The van der Waals surface area contributed by atoms with Crippen molar-refractivity contribution in [2.75, 3.05) is 7.11 Å². The maximum Gasteiger partial charge on any atom is 0.343 e. The molecule has 4 aromatic carbocycles. The molecule has 0 aliphatic heterocycles. The number of rotatable bonds is 9. The van der Waals surface area contributed by atoms with Crippen LogP contribution < -0.4 is 19.6 Å². The summed E-state index contributed by atoms with van der Waals surface area (Å²) in [4.78, 5) is 25.2. The number of carbonyl (C=O) groups excluding carboxylic acids is 2. The summed E-state index contributed by atoms with van der Waals surface area (Å²) in [6, 6.07) is 23.8. The van der Waals surface area contributed by atoms with Crippen LogP contribution in [0.1, 0.15) is 34.8 Å². The first kappa shape index (κ1) is 26.9. The normalized spacial score (nSPS) is 11.8. The van der Waals surface area contributed by atoms with Gasteiger partial charge in [0.15, 0.2) is 17.6 Å². The van der Waals surface area contributed by atoms with Crippen LogP contribution in [-0.2, 0) is 4.79 Å². The number of aryl methyl sites for hydroxylation is 1. The Balaban J connectivity index is 1.39. The fraction of sp³-hybridized carbons (Fsp3) is 0.167. The molecule has 0 saturated carbocycles. The maximum atomic E-state index is 12.8. The first-order valence-electron chi connectivity index (χ1n) is 12.0. The zero-order chi connectivity index (χ0) is 27.1. The number of hydrazone groups is 1. The number of nitrogens with zero attached hydrogens (tertiary/aromatic N) is 1. The number of carbonyl (C=O) groups is 2. The number of ether oxygens (including phenoxy) is 3. The fourth-order valence-electron chi connectivity index (χ4n) is 3.72. The van der Waals surface area contributed by atoms with Gasteiger partial charge < -0.3 is 14.2 Å².